The van der Waals surface area contributed by atoms with Gasteiger partial charge in [-0.2, -0.15) is 0 Å². The SMILES string of the molecule is CC(=O)O[C@H]1C(=O)[C@@]2(C)[C@H]([C@H](OC(=O)c3ccccc3)[C@]3(O)C[C@H](OC(=O)[C@H](O)[C@@H](NC(=O)c4ccccc4)c4ccccc4)C(C)=C1C3(C)C)[C@]1(OC(C)=O)CO[C@@H]1C[C@@H]2O.O=C(O)CCCc1c[nH]c2ccccc12. The summed E-state index contributed by atoms with van der Waals surface area (Å²) in [6.45, 7) is 7.97. The second-order valence-electron chi connectivity index (χ2n) is 21.0. The lowest BCUT2D eigenvalue weighted by molar-refractivity contribution is -0.346. The van der Waals surface area contributed by atoms with Crippen LogP contribution in [0.4, 0.5) is 0 Å². The number of Topliss-reactive ketones (excluding diaryl/α,β-unsaturated/α-hetero) is 1. The summed E-state index contributed by atoms with van der Waals surface area (Å²) in [5.41, 5.74) is -4.70. The fourth-order valence-electron chi connectivity index (χ4n) is 12.0. The summed E-state index contributed by atoms with van der Waals surface area (Å²) < 4.78 is 30.3. The number of aliphatic carboxylic acids is 1. The lowest BCUT2D eigenvalue weighted by Crippen LogP contribution is -2.82. The normalized spacial score (nSPS) is 27.7. The number of H-pyrrole nitrogens is 1. The number of carboxylic acid groups (broad SMARTS) is 1. The number of amides is 1. The zero-order valence-corrected chi connectivity index (χ0v) is 43.6. The van der Waals surface area contributed by atoms with E-state index in [1.165, 1.54) is 36.9 Å². The third kappa shape index (κ3) is 10.5. The van der Waals surface area contributed by atoms with Crippen molar-refractivity contribution in [2.24, 2.45) is 16.7 Å². The van der Waals surface area contributed by atoms with Gasteiger partial charge in [-0.05, 0) is 79.3 Å². The highest BCUT2D eigenvalue weighted by molar-refractivity contribution is 5.96. The molecule has 0 unspecified atom stereocenters. The number of nitrogens with one attached hydrogen (secondary N) is 2. The second-order valence-corrected chi connectivity index (χ2v) is 21.0. The molecule has 11 atom stereocenters. The molecule has 2 bridgehead atoms. The number of para-hydroxylation sites is 1. The molecule has 2 heterocycles. The molecule has 77 heavy (non-hydrogen) atoms. The second kappa shape index (κ2) is 22.2. The minimum absolute atomic E-state index is 0.00289. The number of hydrogen-bond acceptors (Lipinski definition) is 15. The van der Waals surface area contributed by atoms with Crippen molar-refractivity contribution in [3.05, 3.63) is 155 Å². The van der Waals surface area contributed by atoms with Crippen molar-refractivity contribution in [2.75, 3.05) is 6.61 Å². The van der Waals surface area contributed by atoms with Crippen molar-refractivity contribution < 1.29 is 77.7 Å². The van der Waals surface area contributed by atoms with Crippen LogP contribution in [0.2, 0.25) is 0 Å². The molecular formula is C59H64N2O16. The minimum atomic E-state index is -2.39. The van der Waals surface area contributed by atoms with Crippen LogP contribution in [0, 0.1) is 16.7 Å². The van der Waals surface area contributed by atoms with Gasteiger partial charge >= 0.3 is 29.8 Å². The van der Waals surface area contributed by atoms with E-state index < -0.39 is 119 Å². The van der Waals surface area contributed by atoms with Gasteiger partial charge in [0.1, 0.15) is 23.9 Å². The van der Waals surface area contributed by atoms with Gasteiger partial charge in [0.05, 0.1) is 35.6 Å². The Labute approximate surface area is 444 Å². The fraction of sp³-hybridized carbons (Fsp3) is 0.407. The largest absolute Gasteiger partial charge is 0.481 e. The Bertz CT molecular complexity index is 3070. The van der Waals surface area contributed by atoms with E-state index in [2.05, 4.69) is 16.4 Å². The highest BCUT2D eigenvalue weighted by Gasteiger charge is 2.78. The van der Waals surface area contributed by atoms with Crippen LogP contribution in [-0.2, 0) is 54.1 Å². The van der Waals surface area contributed by atoms with E-state index in [0.29, 0.717) is 12.0 Å². The molecule has 18 heteroatoms. The van der Waals surface area contributed by atoms with Gasteiger partial charge in [0, 0.05) is 61.2 Å². The van der Waals surface area contributed by atoms with Crippen molar-refractivity contribution in [3.8, 4) is 0 Å². The predicted octanol–water partition coefficient (Wildman–Crippen LogP) is 6.31. The number of aromatic nitrogens is 1. The molecule has 5 aromatic rings. The van der Waals surface area contributed by atoms with E-state index in [0.717, 1.165) is 25.8 Å². The van der Waals surface area contributed by atoms with Crippen molar-refractivity contribution in [1.29, 1.82) is 0 Å². The fourth-order valence-corrected chi connectivity index (χ4v) is 12.0. The van der Waals surface area contributed by atoms with Gasteiger partial charge in [-0.1, -0.05) is 98.8 Å². The molecule has 1 saturated heterocycles. The number of hydrogen-bond donors (Lipinski definition) is 6. The summed E-state index contributed by atoms with van der Waals surface area (Å²) in [7, 11) is 0. The third-order valence-corrected chi connectivity index (χ3v) is 16.0. The zero-order valence-electron chi connectivity index (χ0n) is 43.6. The Hall–Kier alpha value is -7.51. The molecule has 2 saturated carbocycles. The number of fused-ring (bicyclic) bond motifs is 6. The molecule has 0 radical (unpaired) electrons. The van der Waals surface area contributed by atoms with E-state index in [1.54, 1.807) is 92.7 Å². The maximum absolute atomic E-state index is 15.5. The van der Waals surface area contributed by atoms with Gasteiger partial charge < -0.3 is 54.4 Å². The van der Waals surface area contributed by atoms with Crippen molar-refractivity contribution in [2.45, 2.75) is 128 Å². The van der Waals surface area contributed by atoms with Crippen LogP contribution in [0.15, 0.2) is 133 Å². The molecule has 1 aliphatic heterocycles. The Morgan fingerprint density at radius 1 is 0.818 bits per heavy atom. The van der Waals surface area contributed by atoms with Crippen molar-refractivity contribution in [3.63, 3.8) is 0 Å². The monoisotopic (exact) mass is 1060 g/mol. The molecule has 3 aliphatic carbocycles. The summed E-state index contributed by atoms with van der Waals surface area (Å²) in [6, 6.07) is 31.0. The van der Waals surface area contributed by atoms with E-state index in [1.807, 2.05) is 24.4 Å². The Morgan fingerprint density at radius 3 is 2.03 bits per heavy atom. The molecule has 3 fully saturated rings. The summed E-state index contributed by atoms with van der Waals surface area (Å²) >= 11 is 0. The number of aliphatic hydroxyl groups excluding tert-OH is 2. The summed E-state index contributed by atoms with van der Waals surface area (Å²) in [6.07, 6.45) is -6.80. The van der Waals surface area contributed by atoms with Crippen LogP contribution >= 0.6 is 0 Å². The Balaban J connectivity index is 0.000000447. The smallest absolute Gasteiger partial charge is 0.338 e. The summed E-state index contributed by atoms with van der Waals surface area (Å²) in [5, 5.41) is 50.0. The number of carboxylic acids is 1. The van der Waals surface area contributed by atoms with Crippen LogP contribution in [0.1, 0.15) is 105 Å². The van der Waals surface area contributed by atoms with Crippen LogP contribution in [-0.4, -0.2) is 121 Å². The number of aliphatic hydroxyl groups is 3. The number of ketones is 1. The van der Waals surface area contributed by atoms with Gasteiger partial charge in [-0.3, -0.25) is 24.0 Å². The van der Waals surface area contributed by atoms with Crippen LogP contribution in [0.5, 0.6) is 0 Å². The van der Waals surface area contributed by atoms with Gasteiger partial charge in [-0.25, -0.2) is 9.59 Å². The van der Waals surface area contributed by atoms with Gasteiger partial charge in [-0.15, -0.1) is 0 Å². The minimum Gasteiger partial charge on any atom is -0.481 e. The molecule has 1 amide bonds. The molecule has 18 nitrogen and oxygen atoms in total. The highest BCUT2D eigenvalue weighted by Crippen LogP contribution is 2.64. The number of aryl methyl sites for hydroxylation is 1. The molecule has 0 spiro atoms. The Morgan fingerprint density at radius 2 is 1.43 bits per heavy atom. The first-order valence-electron chi connectivity index (χ1n) is 25.5. The van der Waals surface area contributed by atoms with E-state index in [-0.39, 0.29) is 41.7 Å². The number of carbonyl (C=O) groups is 7. The van der Waals surface area contributed by atoms with E-state index >= 15 is 4.79 Å². The maximum Gasteiger partial charge on any atom is 0.338 e. The molecule has 4 aromatic carbocycles. The molecule has 406 valence electrons. The molecular weight excluding hydrogens is 993 g/mol. The first-order chi connectivity index (χ1) is 36.5. The zero-order chi connectivity index (χ0) is 55.6. The average molecular weight is 1060 g/mol. The van der Waals surface area contributed by atoms with Gasteiger partial charge in [0.25, 0.3) is 5.91 Å². The third-order valence-electron chi connectivity index (χ3n) is 16.0. The van der Waals surface area contributed by atoms with Crippen molar-refractivity contribution in [1.82, 2.24) is 10.3 Å². The number of carbonyl (C=O) groups excluding carboxylic acids is 6. The average Bonchev–Trinajstić information content (AvgIpc) is 3.98. The lowest BCUT2D eigenvalue weighted by Gasteiger charge is -2.67. The van der Waals surface area contributed by atoms with Crippen LogP contribution < -0.4 is 5.32 Å². The number of ether oxygens (including phenoxy) is 5. The first kappa shape index (κ1) is 55.7. The molecule has 4 aliphatic rings. The van der Waals surface area contributed by atoms with Gasteiger partial charge in [0.15, 0.2) is 23.6 Å². The van der Waals surface area contributed by atoms with E-state index in [4.69, 9.17) is 28.8 Å². The first-order valence-corrected chi connectivity index (χ1v) is 25.5. The topological polar surface area (TPSA) is 274 Å². The summed E-state index contributed by atoms with van der Waals surface area (Å²) in [4.78, 5) is 97.0. The summed E-state index contributed by atoms with van der Waals surface area (Å²) in [5.74, 6) is -7.57. The quantitative estimate of drug-likeness (QED) is 0.0404. The predicted molar refractivity (Wildman–Crippen MR) is 277 cm³/mol. The van der Waals surface area contributed by atoms with Crippen LogP contribution in [0.25, 0.3) is 10.9 Å². The lowest BCUT2D eigenvalue weighted by atomic mass is 9.44. The van der Waals surface area contributed by atoms with Gasteiger partial charge in [0.2, 0.25) is 0 Å². The van der Waals surface area contributed by atoms with Crippen LogP contribution in [0.3, 0.4) is 0 Å². The number of aromatic amines is 1. The molecule has 1 aromatic heterocycles. The maximum atomic E-state index is 15.5. The highest BCUT2D eigenvalue weighted by atomic mass is 16.6. The molecule has 6 N–H and O–H groups in total. The molecule has 9 rings (SSSR count). The standard InChI is InChI=1S/C47H51NO14.C12H13NO2/c1-25-31(60-43(56)36(52)35(28-16-10-7-11-17-28)48-41(54)29-18-12-8-13-19-29)23-47(57)40(61-42(55)30-20-14-9-15-21-30)38-45(6,32(51)22-33-46(38,24-58-33)62-27(3)50)39(53)37(59-26(2)49)34(25)44(47,4)5;14-12(15)7-3-4-9-8-13-11-6-2-1-5-10(9)11/h7-21,31-33,35-38,40,51-52,57H,22-24H2,1-6H3,(H,48,54);1-2,5-6,8,13H,3-4,7H2,(H,14,15)/t31-,32-,33+,35-,36+,37+,38-,40-,45+,46-,47+;/m0./s1. The van der Waals surface area contributed by atoms with E-state index in [9.17, 15) is 44.1 Å². The number of rotatable bonds is 14. The Kier molecular flexibility index (Phi) is 16.1. The number of esters is 4. The number of benzene rings is 4. The van der Waals surface area contributed by atoms with Crippen molar-refractivity contribution >= 4 is 52.4 Å².